The largest absolute Gasteiger partial charge is 0.321 e. The molecular weight excluding hydrogens is 416 g/mol. The van der Waals surface area contributed by atoms with Crippen LogP contribution >= 0.6 is 11.3 Å². The lowest BCUT2D eigenvalue weighted by atomic mass is 10.1. The number of carbonyl (C=O) groups is 2. The van der Waals surface area contributed by atoms with E-state index < -0.39 is 0 Å². The van der Waals surface area contributed by atoms with Gasteiger partial charge in [0.15, 0.2) is 5.78 Å². The second kappa shape index (κ2) is 8.57. The second-order valence-electron chi connectivity index (χ2n) is 7.33. The van der Waals surface area contributed by atoms with E-state index in [4.69, 9.17) is 0 Å². The van der Waals surface area contributed by atoms with Gasteiger partial charge >= 0.3 is 0 Å². The van der Waals surface area contributed by atoms with Crippen molar-refractivity contribution in [3.8, 4) is 0 Å². The highest BCUT2D eigenvalue weighted by molar-refractivity contribution is 7.20. The van der Waals surface area contributed by atoms with E-state index in [1.165, 1.54) is 11.3 Å². The van der Waals surface area contributed by atoms with E-state index in [0.717, 1.165) is 26.7 Å². The van der Waals surface area contributed by atoms with Crippen LogP contribution < -0.4 is 5.32 Å². The second-order valence-corrected chi connectivity index (χ2v) is 8.36. The molecule has 0 aliphatic rings. The van der Waals surface area contributed by atoms with E-state index in [0.29, 0.717) is 16.1 Å². The number of amides is 1. The summed E-state index contributed by atoms with van der Waals surface area (Å²) >= 11 is 1.37. The molecule has 0 atom stereocenters. The summed E-state index contributed by atoms with van der Waals surface area (Å²) < 4.78 is 0. The number of benzene rings is 3. The summed E-state index contributed by atoms with van der Waals surface area (Å²) in [5, 5.41) is 4.90. The molecule has 2 heterocycles. The Morgan fingerprint density at radius 3 is 2.38 bits per heavy atom. The number of nitrogens with one attached hydrogen (secondary N) is 1. The summed E-state index contributed by atoms with van der Waals surface area (Å²) in [5.74, 6) is -0.283. The predicted octanol–water partition coefficient (Wildman–Crippen LogP) is 6.60. The van der Waals surface area contributed by atoms with Crippen molar-refractivity contribution in [2.24, 2.45) is 0 Å². The highest BCUT2D eigenvalue weighted by Gasteiger charge is 2.12. The summed E-state index contributed by atoms with van der Waals surface area (Å²) in [6, 6.07) is 28.4. The molecule has 1 N–H and O–H groups in total. The maximum Gasteiger partial charge on any atom is 0.265 e. The lowest BCUT2D eigenvalue weighted by Crippen LogP contribution is -2.10. The molecule has 0 saturated carbocycles. The zero-order valence-corrected chi connectivity index (χ0v) is 17.8. The molecule has 5 rings (SSSR count). The predicted molar refractivity (Wildman–Crippen MR) is 131 cm³/mol. The van der Waals surface area contributed by atoms with E-state index in [2.05, 4.69) is 10.3 Å². The van der Waals surface area contributed by atoms with E-state index in [9.17, 15) is 9.59 Å². The van der Waals surface area contributed by atoms with Crippen molar-refractivity contribution >= 4 is 55.9 Å². The van der Waals surface area contributed by atoms with E-state index in [1.807, 2.05) is 66.7 Å². The van der Waals surface area contributed by atoms with Gasteiger partial charge in [0.1, 0.15) is 4.83 Å². The third-order valence-corrected chi connectivity index (χ3v) is 6.13. The maximum absolute atomic E-state index is 12.7. The number of anilines is 1. The van der Waals surface area contributed by atoms with Gasteiger partial charge in [0.05, 0.1) is 10.4 Å². The van der Waals surface area contributed by atoms with Gasteiger partial charge in [-0.05, 0) is 54.1 Å². The van der Waals surface area contributed by atoms with Crippen LogP contribution in [0.4, 0.5) is 5.69 Å². The topological polar surface area (TPSA) is 59.1 Å². The Bertz CT molecular complexity index is 1420. The SMILES string of the molecule is O=C(/C=C/c1ccccc1)c1ccc(NC(=O)c2cc3cc4ccccc4nc3s2)cc1. The normalized spacial score (nSPS) is 11.2. The highest BCUT2D eigenvalue weighted by Crippen LogP contribution is 2.28. The number of hydrogen-bond donors (Lipinski definition) is 1. The number of ketones is 1. The Morgan fingerprint density at radius 1 is 0.812 bits per heavy atom. The lowest BCUT2D eigenvalue weighted by Gasteiger charge is -2.04. The minimum Gasteiger partial charge on any atom is -0.321 e. The minimum absolute atomic E-state index is 0.0885. The summed E-state index contributed by atoms with van der Waals surface area (Å²) in [6.07, 6.45) is 3.34. The van der Waals surface area contributed by atoms with Gasteiger partial charge in [-0.3, -0.25) is 9.59 Å². The van der Waals surface area contributed by atoms with Crippen molar-refractivity contribution in [1.82, 2.24) is 4.98 Å². The van der Waals surface area contributed by atoms with Gasteiger partial charge in [-0.25, -0.2) is 4.98 Å². The number of allylic oxidation sites excluding steroid dienone is 1. The number of carbonyl (C=O) groups excluding carboxylic acids is 2. The quantitative estimate of drug-likeness (QED) is 0.250. The summed E-state index contributed by atoms with van der Waals surface area (Å²) in [6.45, 7) is 0. The van der Waals surface area contributed by atoms with Crippen molar-refractivity contribution in [3.05, 3.63) is 113 Å². The summed E-state index contributed by atoms with van der Waals surface area (Å²) in [4.78, 5) is 31.2. The Balaban J connectivity index is 1.30. The Kier molecular flexibility index (Phi) is 5.32. The van der Waals surface area contributed by atoms with Gasteiger partial charge in [-0.1, -0.05) is 54.6 Å². The molecule has 0 aliphatic heterocycles. The van der Waals surface area contributed by atoms with Gasteiger partial charge < -0.3 is 5.32 Å². The van der Waals surface area contributed by atoms with Crippen LogP contribution in [0.5, 0.6) is 0 Å². The van der Waals surface area contributed by atoms with Crippen molar-refractivity contribution in [1.29, 1.82) is 0 Å². The fourth-order valence-electron chi connectivity index (χ4n) is 3.43. The standard InChI is InChI=1S/C27H18N2O2S/c30-24(15-10-18-6-2-1-3-7-18)19-11-13-22(14-12-19)28-26(31)25-17-21-16-20-8-4-5-9-23(20)29-27(21)32-25/h1-17H,(H,28,31)/b15-10+. The van der Waals surface area contributed by atoms with Crippen LogP contribution in [0.1, 0.15) is 25.6 Å². The summed E-state index contributed by atoms with van der Waals surface area (Å²) in [5.41, 5.74) is 3.08. The highest BCUT2D eigenvalue weighted by atomic mass is 32.1. The molecule has 0 spiro atoms. The molecule has 1 amide bonds. The molecule has 0 fully saturated rings. The molecule has 32 heavy (non-hydrogen) atoms. The van der Waals surface area contributed by atoms with Crippen molar-refractivity contribution in [2.75, 3.05) is 5.32 Å². The van der Waals surface area contributed by atoms with E-state index in [-0.39, 0.29) is 11.7 Å². The molecule has 0 unspecified atom stereocenters. The number of fused-ring (bicyclic) bond motifs is 2. The molecular formula is C27H18N2O2S. The van der Waals surface area contributed by atoms with Crippen molar-refractivity contribution in [2.45, 2.75) is 0 Å². The zero-order valence-electron chi connectivity index (χ0n) is 17.0. The number of nitrogens with zero attached hydrogens (tertiary/aromatic N) is 1. The van der Waals surface area contributed by atoms with Crippen LogP contribution in [-0.4, -0.2) is 16.7 Å². The van der Waals surface area contributed by atoms with Crippen LogP contribution in [0.25, 0.3) is 27.2 Å². The first-order valence-corrected chi connectivity index (χ1v) is 11.0. The molecule has 0 saturated heterocycles. The number of rotatable bonds is 5. The number of thiophene rings is 1. The number of hydrogen-bond acceptors (Lipinski definition) is 4. The molecule has 5 heteroatoms. The van der Waals surface area contributed by atoms with Gasteiger partial charge in [-0.2, -0.15) is 0 Å². The summed E-state index contributed by atoms with van der Waals surface area (Å²) in [7, 11) is 0. The smallest absolute Gasteiger partial charge is 0.265 e. The van der Waals surface area contributed by atoms with Gasteiger partial charge in [-0.15, -0.1) is 11.3 Å². The molecule has 2 aromatic heterocycles. The van der Waals surface area contributed by atoms with E-state index in [1.54, 1.807) is 36.4 Å². The van der Waals surface area contributed by atoms with E-state index >= 15 is 0 Å². The van der Waals surface area contributed by atoms with Crippen LogP contribution in [0, 0.1) is 0 Å². The molecule has 0 radical (unpaired) electrons. The van der Waals surface area contributed by atoms with Crippen molar-refractivity contribution in [3.63, 3.8) is 0 Å². The monoisotopic (exact) mass is 434 g/mol. The first kappa shape index (κ1) is 19.8. The molecule has 0 bridgehead atoms. The Labute approximate surface area is 188 Å². The number of pyridine rings is 1. The van der Waals surface area contributed by atoms with Crippen LogP contribution in [-0.2, 0) is 0 Å². The maximum atomic E-state index is 12.7. The molecule has 4 nitrogen and oxygen atoms in total. The third kappa shape index (κ3) is 4.19. The van der Waals surface area contributed by atoms with Crippen LogP contribution in [0.15, 0.2) is 97.1 Å². The lowest BCUT2D eigenvalue weighted by molar-refractivity contribution is 0.102. The van der Waals surface area contributed by atoms with Gasteiger partial charge in [0, 0.05) is 22.0 Å². The van der Waals surface area contributed by atoms with Gasteiger partial charge in [0.25, 0.3) is 5.91 Å². The average molecular weight is 435 g/mol. The average Bonchev–Trinajstić information content (AvgIpc) is 3.25. The van der Waals surface area contributed by atoms with Gasteiger partial charge in [0.2, 0.25) is 0 Å². The fourth-order valence-corrected chi connectivity index (χ4v) is 4.35. The minimum atomic E-state index is -0.194. The molecule has 0 aliphatic carbocycles. The van der Waals surface area contributed by atoms with Crippen molar-refractivity contribution < 1.29 is 9.59 Å². The first-order chi connectivity index (χ1) is 15.7. The van der Waals surface area contributed by atoms with Crippen LogP contribution in [0.3, 0.4) is 0 Å². The molecule has 154 valence electrons. The third-order valence-electron chi connectivity index (χ3n) is 5.09. The Morgan fingerprint density at radius 2 is 1.56 bits per heavy atom. The first-order valence-electron chi connectivity index (χ1n) is 10.1. The Hall–Kier alpha value is -4.09. The fraction of sp³-hybridized carbons (Fsp3) is 0. The van der Waals surface area contributed by atoms with Crippen LogP contribution in [0.2, 0.25) is 0 Å². The molecule has 3 aromatic carbocycles. The molecule has 5 aromatic rings. The zero-order chi connectivity index (χ0) is 21.9. The number of aromatic nitrogens is 1. The number of para-hydroxylation sites is 1.